The maximum atomic E-state index is 13.4. The highest BCUT2D eigenvalue weighted by atomic mass is 16.5. The minimum absolute atomic E-state index is 0.0771. The molecule has 1 fully saturated rings. The molecule has 36 heavy (non-hydrogen) atoms. The molecular weight excluding hydrogens is 458 g/mol. The number of ether oxygens (including phenoxy) is 1. The molecular formula is C28H31N3O5. The number of rotatable bonds is 8. The number of carboxylic acid groups (broad SMARTS) is 1. The summed E-state index contributed by atoms with van der Waals surface area (Å²) in [6.45, 7) is 4.14. The van der Waals surface area contributed by atoms with Gasteiger partial charge in [-0.2, -0.15) is 0 Å². The highest BCUT2D eigenvalue weighted by Gasteiger charge is 2.46. The molecule has 0 aliphatic carbocycles. The fraction of sp³-hybridized carbons (Fsp3) is 0.393. The van der Waals surface area contributed by atoms with E-state index < -0.39 is 24.0 Å². The van der Waals surface area contributed by atoms with Crippen molar-refractivity contribution in [3.63, 3.8) is 0 Å². The molecule has 3 heterocycles. The van der Waals surface area contributed by atoms with Gasteiger partial charge in [0.15, 0.2) is 0 Å². The van der Waals surface area contributed by atoms with Gasteiger partial charge in [0.2, 0.25) is 11.8 Å². The average Bonchev–Trinajstić information content (AvgIpc) is 3.45. The van der Waals surface area contributed by atoms with Gasteiger partial charge in [-0.15, -0.1) is 0 Å². The fourth-order valence-electron chi connectivity index (χ4n) is 5.40. The summed E-state index contributed by atoms with van der Waals surface area (Å²) in [5.74, 6) is -1.06. The first-order valence-corrected chi connectivity index (χ1v) is 12.5. The standard InChI is InChI=1S/C28H31N3O5/c1-3-16(2)25(28(34)35)30-27(33)23-14-20-19-13-18(36-15-17-7-5-4-6-8-17)9-10-21(19)29-26(20)22-11-12-24(32)31(22)23/h4-10,13,16,22-23,25,29H,3,11-12,14-15H2,1-2H3,(H,30,33)(H,34,35)/t16-,22+,23-,25-/m0/s1. The number of benzene rings is 2. The second kappa shape index (κ2) is 9.68. The summed E-state index contributed by atoms with van der Waals surface area (Å²) in [4.78, 5) is 43.2. The van der Waals surface area contributed by atoms with E-state index >= 15 is 0 Å². The average molecular weight is 490 g/mol. The number of amides is 2. The van der Waals surface area contributed by atoms with Crippen LogP contribution in [0.2, 0.25) is 0 Å². The van der Waals surface area contributed by atoms with Gasteiger partial charge in [-0.1, -0.05) is 50.6 Å². The summed E-state index contributed by atoms with van der Waals surface area (Å²) in [6.07, 6.45) is 1.92. The lowest BCUT2D eigenvalue weighted by Gasteiger charge is -2.37. The SMILES string of the molecule is CC[C@H](C)[C@H](NC(=O)[C@@H]1Cc2c([nH]c3ccc(OCc4ccccc4)cc23)[C@H]2CCC(=O)N21)C(=O)O. The van der Waals surface area contributed by atoms with E-state index in [1.165, 1.54) is 0 Å². The van der Waals surface area contributed by atoms with Crippen molar-refractivity contribution in [1.29, 1.82) is 0 Å². The molecule has 188 valence electrons. The van der Waals surface area contributed by atoms with E-state index in [1.807, 2.05) is 55.5 Å². The van der Waals surface area contributed by atoms with Crippen LogP contribution in [0.15, 0.2) is 48.5 Å². The molecule has 1 saturated heterocycles. The van der Waals surface area contributed by atoms with Crippen molar-refractivity contribution < 1.29 is 24.2 Å². The zero-order chi connectivity index (χ0) is 25.4. The lowest BCUT2D eigenvalue weighted by molar-refractivity contribution is -0.146. The monoisotopic (exact) mass is 489 g/mol. The van der Waals surface area contributed by atoms with E-state index in [-0.39, 0.29) is 17.9 Å². The van der Waals surface area contributed by atoms with Crippen LogP contribution in [-0.2, 0) is 27.4 Å². The molecule has 8 heteroatoms. The Bertz CT molecular complexity index is 1300. The predicted molar refractivity (Wildman–Crippen MR) is 134 cm³/mol. The molecule has 8 nitrogen and oxygen atoms in total. The highest BCUT2D eigenvalue weighted by Crippen LogP contribution is 2.44. The van der Waals surface area contributed by atoms with Crippen LogP contribution in [0.1, 0.15) is 56.0 Å². The maximum absolute atomic E-state index is 13.4. The van der Waals surface area contributed by atoms with Crippen LogP contribution < -0.4 is 10.1 Å². The van der Waals surface area contributed by atoms with Gasteiger partial charge in [0.1, 0.15) is 24.4 Å². The molecule has 2 aliphatic heterocycles. The van der Waals surface area contributed by atoms with Gasteiger partial charge in [0.25, 0.3) is 0 Å². The van der Waals surface area contributed by atoms with Gasteiger partial charge < -0.3 is 25.0 Å². The summed E-state index contributed by atoms with van der Waals surface area (Å²) >= 11 is 0. The van der Waals surface area contributed by atoms with Crippen molar-refractivity contribution >= 4 is 28.7 Å². The maximum Gasteiger partial charge on any atom is 0.326 e. The van der Waals surface area contributed by atoms with Crippen LogP contribution in [0.4, 0.5) is 0 Å². The first-order valence-electron chi connectivity index (χ1n) is 12.5. The normalized spacial score (nSPS) is 20.5. The molecule has 3 N–H and O–H groups in total. The van der Waals surface area contributed by atoms with Crippen molar-refractivity contribution in [3.8, 4) is 5.75 Å². The highest BCUT2D eigenvalue weighted by molar-refractivity contribution is 5.94. The third kappa shape index (κ3) is 4.32. The number of aliphatic carboxylic acids is 1. The second-order valence-electron chi connectivity index (χ2n) is 9.78. The van der Waals surface area contributed by atoms with Gasteiger partial charge in [-0.25, -0.2) is 4.79 Å². The summed E-state index contributed by atoms with van der Waals surface area (Å²) in [6, 6.07) is 13.8. The number of aromatic nitrogens is 1. The molecule has 0 bridgehead atoms. The Hall–Kier alpha value is -3.81. The van der Waals surface area contributed by atoms with Gasteiger partial charge in [-0.05, 0) is 41.7 Å². The van der Waals surface area contributed by atoms with Crippen LogP contribution in [0.25, 0.3) is 10.9 Å². The van der Waals surface area contributed by atoms with E-state index in [1.54, 1.807) is 11.8 Å². The smallest absolute Gasteiger partial charge is 0.326 e. The Kier molecular flexibility index (Phi) is 6.43. The van der Waals surface area contributed by atoms with Crippen molar-refractivity contribution in [2.45, 2.75) is 64.3 Å². The molecule has 2 aromatic carbocycles. The lowest BCUT2D eigenvalue weighted by Crippen LogP contribution is -2.56. The number of hydrogen-bond donors (Lipinski definition) is 3. The summed E-state index contributed by atoms with van der Waals surface area (Å²) in [5.41, 5.74) is 3.94. The molecule has 0 unspecified atom stereocenters. The Balaban J connectivity index is 1.45. The van der Waals surface area contributed by atoms with Crippen molar-refractivity contribution in [2.24, 2.45) is 5.92 Å². The predicted octanol–water partition coefficient (Wildman–Crippen LogP) is 3.95. The first-order chi connectivity index (χ1) is 17.4. The number of carbonyl (C=O) groups is 3. The van der Waals surface area contributed by atoms with Crippen LogP contribution >= 0.6 is 0 Å². The molecule has 0 radical (unpaired) electrons. The zero-order valence-electron chi connectivity index (χ0n) is 20.5. The number of aromatic amines is 1. The number of carboxylic acids is 1. The summed E-state index contributed by atoms with van der Waals surface area (Å²) in [5, 5.41) is 13.4. The number of nitrogens with one attached hydrogen (secondary N) is 2. The Morgan fingerprint density at radius 2 is 2.00 bits per heavy atom. The van der Waals surface area contributed by atoms with Crippen molar-refractivity contribution in [3.05, 3.63) is 65.4 Å². The molecule has 1 aromatic heterocycles. The number of fused-ring (bicyclic) bond motifs is 5. The molecule has 0 saturated carbocycles. The largest absolute Gasteiger partial charge is 0.489 e. The number of H-pyrrole nitrogens is 1. The van der Waals surface area contributed by atoms with Gasteiger partial charge in [0, 0.05) is 29.4 Å². The Morgan fingerprint density at radius 1 is 1.22 bits per heavy atom. The summed E-state index contributed by atoms with van der Waals surface area (Å²) in [7, 11) is 0. The van der Waals surface area contributed by atoms with Gasteiger partial charge in [0.05, 0.1) is 6.04 Å². The topological polar surface area (TPSA) is 112 Å². The Labute approximate surface area is 209 Å². The number of nitrogens with zero attached hydrogens (tertiary/aromatic N) is 1. The van der Waals surface area contributed by atoms with Gasteiger partial charge in [-0.3, -0.25) is 9.59 Å². The minimum atomic E-state index is -1.06. The molecule has 0 spiro atoms. The van der Waals surface area contributed by atoms with E-state index in [0.717, 1.165) is 33.5 Å². The lowest BCUT2D eigenvalue weighted by atomic mass is 9.91. The molecule has 3 aromatic rings. The van der Waals surface area contributed by atoms with Crippen LogP contribution in [0.3, 0.4) is 0 Å². The summed E-state index contributed by atoms with van der Waals surface area (Å²) < 4.78 is 6.03. The fourth-order valence-corrected chi connectivity index (χ4v) is 5.40. The quantitative estimate of drug-likeness (QED) is 0.444. The van der Waals surface area contributed by atoms with Crippen LogP contribution in [-0.4, -0.2) is 44.9 Å². The molecule has 2 amide bonds. The van der Waals surface area contributed by atoms with Crippen LogP contribution in [0.5, 0.6) is 5.75 Å². The van der Waals surface area contributed by atoms with E-state index in [4.69, 9.17) is 4.74 Å². The van der Waals surface area contributed by atoms with Gasteiger partial charge >= 0.3 is 5.97 Å². The molecule has 2 aliphatic rings. The van der Waals surface area contributed by atoms with Crippen molar-refractivity contribution in [1.82, 2.24) is 15.2 Å². The Morgan fingerprint density at radius 3 is 2.72 bits per heavy atom. The number of carbonyl (C=O) groups excluding carboxylic acids is 2. The second-order valence-corrected chi connectivity index (χ2v) is 9.78. The van der Waals surface area contributed by atoms with E-state index in [9.17, 15) is 19.5 Å². The third-order valence-corrected chi connectivity index (χ3v) is 7.56. The van der Waals surface area contributed by atoms with E-state index in [0.29, 0.717) is 32.3 Å². The molecule has 4 atom stereocenters. The van der Waals surface area contributed by atoms with Crippen molar-refractivity contribution in [2.75, 3.05) is 0 Å². The third-order valence-electron chi connectivity index (χ3n) is 7.56. The number of hydrogen-bond acceptors (Lipinski definition) is 4. The van der Waals surface area contributed by atoms with Crippen LogP contribution in [0, 0.1) is 5.92 Å². The first kappa shape index (κ1) is 23.9. The zero-order valence-corrected chi connectivity index (χ0v) is 20.5. The minimum Gasteiger partial charge on any atom is -0.489 e. The molecule has 5 rings (SSSR count). The van der Waals surface area contributed by atoms with E-state index in [2.05, 4.69) is 10.3 Å².